The molecule has 3 aliphatic heterocycles. The van der Waals surface area contributed by atoms with Gasteiger partial charge in [-0.05, 0) is 97.4 Å². The lowest BCUT2D eigenvalue weighted by Crippen LogP contribution is -2.62. The van der Waals surface area contributed by atoms with Crippen LogP contribution in [0.5, 0.6) is 0 Å². The summed E-state index contributed by atoms with van der Waals surface area (Å²) in [6, 6.07) is 3.78. The molecule has 0 spiro atoms. The number of esters is 1. The van der Waals surface area contributed by atoms with Gasteiger partial charge >= 0.3 is 24.0 Å². The van der Waals surface area contributed by atoms with E-state index in [1.165, 1.54) is 14.0 Å². The molecule has 5 rings (SSSR count). The van der Waals surface area contributed by atoms with Crippen molar-refractivity contribution in [1.82, 2.24) is 30.5 Å². The number of benzene rings is 1. The van der Waals surface area contributed by atoms with Crippen LogP contribution in [0.25, 0.3) is 11.3 Å². The summed E-state index contributed by atoms with van der Waals surface area (Å²) in [5.74, 6) is -6.51. The summed E-state index contributed by atoms with van der Waals surface area (Å²) in [4.78, 5) is 68.2. The van der Waals surface area contributed by atoms with Gasteiger partial charge in [0.1, 0.15) is 29.9 Å². The third-order valence-electron chi connectivity index (χ3n) is 13.6. The second-order valence-electron chi connectivity index (χ2n) is 19.0. The molecule has 14 atom stereocenters. The predicted octanol–water partition coefficient (Wildman–Crippen LogP) is 2.57. The number of aromatic nitrogens is 3. The summed E-state index contributed by atoms with van der Waals surface area (Å²) in [5, 5.41) is 45.5. The molecule has 21 heteroatoms. The minimum atomic E-state index is -1.50. The van der Waals surface area contributed by atoms with E-state index in [0.717, 1.165) is 5.56 Å². The number of rotatable bonds is 17. The number of amides is 1. The summed E-state index contributed by atoms with van der Waals surface area (Å²) < 4.78 is 33.0. The summed E-state index contributed by atoms with van der Waals surface area (Å²) in [5.41, 5.74) is 11.6. The van der Waals surface area contributed by atoms with Crippen molar-refractivity contribution in [1.29, 1.82) is 0 Å². The number of carbonyl (C=O) groups is 5. The molecule has 374 valence electrons. The van der Waals surface area contributed by atoms with Crippen LogP contribution in [0, 0.1) is 17.8 Å². The number of aliphatic carboxylic acids is 2. The molecule has 0 aliphatic carbocycles. The highest BCUT2D eigenvalue weighted by atomic mass is 16.7. The standard InChI is InChI=1S/C46H72N8O13/c1-9-35-46(7)39(54(44(62)67-46)18-11-10-17-53-24-34(51-52-53)29-13-12-14-30(47)20-29)32(15-16-49-33(41(59)60)21-36(55)56)50-23-25(2)22-45(6,63-8)40(27(4)37(57)28(5)42(61)65-35)66-43-38(58)31(48)19-26(3)64-43/h12-14,20,24-28,31-33,35,38-40,43,49-50,58H,9-11,15-19,21-23,47-48H2,1-8H3,(H,55,56)(H,59,60)/t25-,26-,27+,28-,31?,32-,33-,35-,38?,39-,40-,43+,45-,46-/m1/s1. The second-order valence-corrected chi connectivity index (χ2v) is 19.0. The Kier molecular flexibility index (Phi) is 18.3. The van der Waals surface area contributed by atoms with E-state index in [4.69, 9.17) is 35.2 Å². The molecule has 67 heavy (non-hydrogen) atoms. The SMILES string of the molecule is CC[C@H]1OC(=O)[C@H](C)C(=O)[C@H](C)[C@@H](O[C@@H]2O[C@H](C)CC(N)C2O)[C@](C)(OC)C[C@@H](C)CN[C@H](CCN[C@H](CC(=O)O)C(=O)O)[C@H]2N(CCCCn3cc(-c4cccc(N)c4)nn3)C(=O)O[C@]12C. The highest BCUT2D eigenvalue weighted by Gasteiger charge is 2.59. The molecule has 21 nitrogen and oxygen atoms in total. The Hall–Kier alpha value is -4.77. The second kappa shape index (κ2) is 23.0. The van der Waals surface area contributed by atoms with Crippen LogP contribution in [-0.2, 0) is 49.4 Å². The topological polar surface area (TPSA) is 302 Å². The zero-order valence-electron chi connectivity index (χ0n) is 40.0. The molecule has 3 saturated heterocycles. The monoisotopic (exact) mass is 945 g/mol. The highest BCUT2D eigenvalue weighted by molar-refractivity contribution is 6.00. The van der Waals surface area contributed by atoms with E-state index < -0.39 is 108 Å². The van der Waals surface area contributed by atoms with E-state index in [1.807, 2.05) is 38.2 Å². The molecule has 2 aromatic rings. The predicted molar refractivity (Wildman–Crippen MR) is 243 cm³/mol. The highest BCUT2D eigenvalue weighted by Crippen LogP contribution is 2.40. The van der Waals surface area contributed by atoms with Crippen molar-refractivity contribution in [3.05, 3.63) is 30.5 Å². The number of aryl methyl sites for hydroxylation is 1. The van der Waals surface area contributed by atoms with E-state index in [-0.39, 0.29) is 44.4 Å². The number of carboxylic acid groups (broad SMARTS) is 2. The number of nitrogens with one attached hydrogen (secondary N) is 2. The number of unbranched alkanes of at least 4 members (excludes halogenated alkanes) is 1. The molecule has 1 amide bonds. The van der Waals surface area contributed by atoms with Gasteiger partial charge in [-0.1, -0.05) is 38.1 Å². The van der Waals surface area contributed by atoms with Gasteiger partial charge in [0.2, 0.25) is 0 Å². The van der Waals surface area contributed by atoms with Gasteiger partial charge in [-0.3, -0.25) is 28.8 Å². The lowest BCUT2D eigenvalue weighted by molar-refractivity contribution is -0.288. The lowest BCUT2D eigenvalue weighted by Gasteiger charge is -2.45. The molecular weight excluding hydrogens is 873 g/mol. The van der Waals surface area contributed by atoms with Gasteiger partial charge in [-0.2, -0.15) is 0 Å². The average molecular weight is 945 g/mol. The fraction of sp³-hybridized carbons (Fsp3) is 0.717. The van der Waals surface area contributed by atoms with Gasteiger partial charge in [-0.25, -0.2) is 4.79 Å². The molecule has 0 radical (unpaired) electrons. The van der Waals surface area contributed by atoms with Crippen LogP contribution in [0.2, 0.25) is 0 Å². The number of Topliss-reactive ketones (excluding diaryl/α,β-unsaturated/α-hetero) is 1. The van der Waals surface area contributed by atoms with Crippen molar-refractivity contribution in [2.45, 2.75) is 166 Å². The van der Waals surface area contributed by atoms with Gasteiger partial charge in [0.15, 0.2) is 17.7 Å². The van der Waals surface area contributed by atoms with Crippen molar-refractivity contribution in [3.8, 4) is 11.3 Å². The minimum Gasteiger partial charge on any atom is -0.481 e. The molecule has 4 heterocycles. The van der Waals surface area contributed by atoms with E-state index in [0.29, 0.717) is 43.7 Å². The number of nitrogens with zero attached hydrogens (tertiary/aromatic N) is 4. The number of carbonyl (C=O) groups excluding carboxylic acids is 3. The number of anilines is 1. The Morgan fingerprint density at radius 2 is 1.82 bits per heavy atom. The van der Waals surface area contributed by atoms with E-state index in [9.17, 15) is 39.3 Å². The number of hydrogen-bond acceptors (Lipinski definition) is 17. The van der Waals surface area contributed by atoms with Crippen molar-refractivity contribution in [2.75, 3.05) is 32.5 Å². The number of nitrogen functional groups attached to an aromatic ring is 1. The number of aliphatic hydroxyl groups is 1. The maximum absolute atomic E-state index is 14.5. The van der Waals surface area contributed by atoms with Crippen LogP contribution in [0.3, 0.4) is 0 Å². The number of ketones is 1. The maximum atomic E-state index is 14.5. The summed E-state index contributed by atoms with van der Waals surface area (Å²) >= 11 is 0. The Morgan fingerprint density at radius 1 is 1.10 bits per heavy atom. The van der Waals surface area contributed by atoms with E-state index in [2.05, 4.69) is 20.9 Å². The molecule has 0 saturated carbocycles. The molecule has 3 aliphatic rings. The Balaban J connectivity index is 1.49. The molecule has 3 fully saturated rings. The van der Waals surface area contributed by atoms with Crippen LogP contribution >= 0.6 is 0 Å². The van der Waals surface area contributed by atoms with Crippen molar-refractivity contribution in [3.63, 3.8) is 0 Å². The Bertz CT molecular complexity index is 2020. The summed E-state index contributed by atoms with van der Waals surface area (Å²) in [7, 11) is 1.49. The first-order valence-corrected chi connectivity index (χ1v) is 23.3. The fourth-order valence-electron chi connectivity index (χ4n) is 9.91. The lowest BCUT2D eigenvalue weighted by atomic mass is 9.78. The first-order chi connectivity index (χ1) is 31.6. The number of carboxylic acids is 2. The fourth-order valence-corrected chi connectivity index (χ4v) is 9.91. The molecule has 9 N–H and O–H groups in total. The summed E-state index contributed by atoms with van der Waals surface area (Å²) in [6.07, 6.45) is -2.28. The van der Waals surface area contributed by atoms with Crippen LogP contribution in [0.1, 0.15) is 93.4 Å². The Morgan fingerprint density at radius 3 is 2.48 bits per heavy atom. The molecule has 1 aromatic carbocycles. The maximum Gasteiger partial charge on any atom is 0.410 e. The van der Waals surface area contributed by atoms with Crippen molar-refractivity contribution >= 4 is 35.5 Å². The number of methoxy groups -OCH3 is 1. The largest absolute Gasteiger partial charge is 0.481 e. The number of cyclic esters (lactones) is 1. The molecular formula is C46H72N8O13. The van der Waals surface area contributed by atoms with Gasteiger partial charge < -0.3 is 61.1 Å². The number of aliphatic hydroxyl groups excluding tert-OH is 1. The Labute approximate surface area is 391 Å². The van der Waals surface area contributed by atoms with E-state index >= 15 is 0 Å². The number of nitrogens with two attached hydrogens (primary N) is 2. The molecule has 1 aromatic heterocycles. The van der Waals surface area contributed by atoms with Gasteiger partial charge in [0.25, 0.3) is 0 Å². The van der Waals surface area contributed by atoms with Crippen LogP contribution in [-0.4, -0.2) is 158 Å². The zero-order chi connectivity index (χ0) is 49.4. The number of fused-ring (bicyclic) bond motifs is 1. The smallest absolute Gasteiger partial charge is 0.410 e. The van der Waals surface area contributed by atoms with Gasteiger partial charge in [-0.15, -0.1) is 5.10 Å². The van der Waals surface area contributed by atoms with Crippen molar-refractivity contribution < 1.29 is 63.0 Å². The van der Waals surface area contributed by atoms with Crippen LogP contribution < -0.4 is 22.1 Å². The third-order valence-corrected chi connectivity index (χ3v) is 13.6. The van der Waals surface area contributed by atoms with Gasteiger partial charge in [0.05, 0.1) is 36.5 Å². The zero-order valence-corrected chi connectivity index (χ0v) is 40.0. The first-order valence-electron chi connectivity index (χ1n) is 23.3. The summed E-state index contributed by atoms with van der Waals surface area (Å²) in [6.45, 7) is 13.1. The molecule has 0 bridgehead atoms. The third kappa shape index (κ3) is 12.9. The molecule has 2 unspecified atom stereocenters. The normalized spacial score (nSPS) is 33.8. The van der Waals surface area contributed by atoms with Crippen LogP contribution in [0.4, 0.5) is 10.5 Å². The minimum absolute atomic E-state index is 0.0161. The van der Waals surface area contributed by atoms with E-state index in [1.54, 1.807) is 43.3 Å². The number of hydrogen-bond donors (Lipinski definition) is 7. The average Bonchev–Trinajstić information content (AvgIpc) is 3.85. The van der Waals surface area contributed by atoms with Crippen LogP contribution in [0.15, 0.2) is 30.5 Å². The first kappa shape index (κ1) is 53.2. The quantitative estimate of drug-likeness (QED) is 0.0519. The van der Waals surface area contributed by atoms with Crippen molar-refractivity contribution in [2.24, 2.45) is 23.5 Å². The number of ether oxygens (including phenoxy) is 5. The van der Waals surface area contributed by atoms with Gasteiger partial charge in [0, 0.05) is 49.5 Å².